The molecule has 0 bridgehead atoms. The maximum absolute atomic E-state index is 12.5. The summed E-state index contributed by atoms with van der Waals surface area (Å²) in [7, 11) is -3.72. The zero-order chi connectivity index (χ0) is 17.9. The van der Waals surface area contributed by atoms with Crippen LogP contribution in [0.15, 0.2) is 66.1 Å². The molecule has 0 aliphatic carbocycles. The SMILES string of the molecule is C[C@@H](NS(=O)(=O)c1cccc(C#N)c1)c1ccc(-n2cncn2)cc1. The number of hydrogen-bond donors (Lipinski definition) is 1. The lowest BCUT2D eigenvalue weighted by Crippen LogP contribution is -2.27. The van der Waals surface area contributed by atoms with Crippen LogP contribution in [0, 0.1) is 11.3 Å². The summed E-state index contributed by atoms with van der Waals surface area (Å²) in [6, 6.07) is 14.8. The molecule has 1 N–H and O–H groups in total. The van der Waals surface area contributed by atoms with Crippen LogP contribution in [0.25, 0.3) is 5.69 Å². The fourth-order valence-electron chi connectivity index (χ4n) is 2.36. The molecule has 1 heterocycles. The topological polar surface area (TPSA) is 101 Å². The maximum Gasteiger partial charge on any atom is 0.241 e. The highest BCUT2D eigenvalue weighted by atomic mass is 32.2. The van der Waals surface area contributed by atoms with Crippen molar-refractivity contribution in [2.75, 3.05) is 0 Å². The number of nitrogens with zero attached hydrogens (tertiary/aromatic N) is 4. The lowest BCUT2D eigenvalue weighted by molar-refractivity contribution is 0.567. The van der Waals surface area contributed by atoms with Gasteiger partial charge in [0.15, 0.2) is 0 Å². The third-order valence-electron chi connectivity index (χ3n) is 3.68. The van der Waals surface area contributed by atoms with Crippen molar-refractivity contribution in [3.8, 4) is 11.8 Å². The van der Waals surface area contributed by atoms with E-state index in [1.807, 2.05) is 30.3 Å². The molecule has 8 heteroatoms. The summed E-state index contributed by atoms with van der Waals surface area (Å²) in [6.07, 6.45) is 3.03. The second-order valence-corrected chi connectivity index (χ2v) is 7.13. The Hall–Kier alpha value is -3.02. The van der Waals surface area contributed by atoms with Gasteiger partial charge in [-0.2, -0.15) is 10.4 Å². The molecule has 0 amide bonds. The fourth-order valence-corrected chi connectivity index (χ4v) is 3.64. The fraction of sp³-hybridized carbons (Fsp3) is 0.118. The van der Waals surface area contributed by atoms with Gasteiger partial charge in [-0.1, -0.05) is 18.2 Å². The van der Waals surface area contributed by atoms with Crippen LogP contribution in [0.5, 0.6) is 0 Å². The Balaban J connectivity index is 1.79. The smallest absolute Gasteiger partial charge is 0.223 e. The Morgan fingerprint density at radius 2 is 1.96 bits per heavy atom. The molecule has 0 saturated carbocycles. The summed E-state index contributed by atoms with van der Waals surface area (Å²) in [5.74, 6) is 0. The first-order valence-electron chi connectivity index (χ1n) is 7.47. The first-order chi connectivity index (χ1) is 12.0. The van der Waals surface area contributed by atoms with Gasteiger partial charge in [-0.05, 0) is 42.8 Å². The Morgan fingerprint density at radius 3 is 2.60 bits per heavy atom. The van der Waals surface area contributed by atoms with E-state index in [1.165, 1.54) is 18.5 Å². The van der Waals surface area contributed by atoms with Gasteiger partial charge in [0.25, 0.3) is 0 Å². The van der Waals surface area contributed by atoms with E-state index in [-0.39, 0.29) is 4.90 Å². The van der Waals surface area contributed by atoms with Crippen LogP contribution < -0.4 is 4.72 Å². The lowest BCUT2D eigenvalue weighted by atomic mass is 10.1. The largest absolute Gasteiger partial charge is 0.241 e. The standard InChI is InChI=1S/C17H15N5O2S/c1-13(15-5-7-16(8-6-15)22-12-19-11-20-22)21-25(23,24)17-4-2-3-14(9-17)10-18/h2-9,11-13,21H,1H3/t13-/m1/s1. The predicted octanol–water partition coefficient (Wildman–Crippen LogP) is 2.18. The van der Waals surface area contributed by atoms with Gasteiger partial charge < -0.3 is 0 Å². The molecule has 7 nitrogen and oxygen atoms in total. The van der Waals surface area contributed by atoms with Crippen LogP contribution in [0.2, 0.25) is 0 Å². The van der Waals surface area contributed by atoms with Crippen molar-refractivity contribution < 1.29 is 8.42 Å². The van der Waals surface area contributed by atoms with E-state index in [4.69, 9.17) is 5.26 Å². The van der Waals surface area contributed by atoms with Gasteiger partial charge in [0.05, 0.1) is 22.2 Å². The highest BCUT2D eigenvalue weighted by Gasteiger charge is 2.18. The van der Waals surface area contributed by atoms with E-state index in [0.29, 0.717) is 5.56 Å². The van der Waals surface area contributed by atoms with Crippen LogP contribution in [-0.2, 0) is 10.0 Å². The molecule has 0 unspecified atom stereocenters. The second-order valence-electron chi connectivity index (χ2n) is 5.41. The Kier molecular flexibility index (Phi) is 4.61. The monoisotopic (exact) mass is 353 g/mol. The van der Waals surface area contributed by atoms with Gasteiger partial charge in [0.1, 0.15) is 12.7 Å². The maximum atomic E-state index is 12.5. The van der Waals surface area contributed by atoms with Crippen LogP contribution in [-0.4, -0.2) is 23.2 Å². The van der Waals surface area contributed by atoms with Crippen LogP contribution in [0.3, 0.4) is 0 Å². The summed E-state index contributed by atoms with van der Waals surface area (Å²) in [6.45, 7) is 1.76. The van der Waals surface area contributed by atoms with Crippen molar-refractivity contribution in [1.29, 1.82) is 5.26 Å². The van der Waals surface area contributed by atoms with E-state index in [0.717, 1.165) is 11.3 Å². The lowest BCUT2D eigenvalue weighted by Gasteiger charge is -2.15. The van der Waals surface area contributed by atoms with Gasteiger partial charge in [-0.25, -0.2) is 22.8 Å². The van der Waals surface area contributed by atoms with Gasteiger partial charge >= 0.3 is 0 Å². The van der Waals surface area contributed by atoms with E-state index in [2.05, 4.69) is 14.8 Å². The molecule has 25 heavy (non-hydrogen) atoms. The molecule has 0 fully saturated rings. The van der Waals surface area contributed by atoms with Crippen molar-refractivity contribution in [3.05, 3.63) is 72.3 Å². The molecule has 0 aliphatic heterocycles. The minimum absolute atomic E-state index is 0.0673. The van der Waals surface area contributed by atoms with E-state index < -0.39 is 16.1 Å². The first-order valence-corrected chi connectivity index (χ1v) is 8.95. The Morgan fingerprint density at radius 1 is 1.20 bits per heavy atom. The van der Waals surface area contributed by atoms with Crippen molar-refractivity contribution in [2.24, 2.45) is 0 Å². The molecule has 1 aromatic heterocycles. The molecule has 2 aromatic carbocycles. The third-order valence-corrected chi connectivity index (χ3v) is 5.22. The number of aromatic nitrogens is 3. The summed E-state index contributed by atoms with van der Waals surface area (Å²) < 4.78 is 29.2. The van der Waals surface area contributed by atoms with E-state index >= 15 is 0 Å². The Bertz CT molecular complexity index is 1010. The van der Waals surface area contributed by atoms with Crippen molar-refractivity contribution >= 4 is 10.0 Å². The van der Waals surface area contributed by atoms with E-state index in [9.17, 15) is 8.42 Å². The summed E-state index contributed by atoms with van der Waals surface area (Å²) in [5.41, 5.74) is 1.94. The quantitative estimate of drug-likeness (QED) is 0.757. The third kappa shape index (κ3) is 3.74. The number of sulfonamides is 1. The summed E-state index contributed by atoms with van der Waals surface area (Å²) >= 11 is 0. The molecule has 3 aromatic rings. The van der Waals surface area contributed by atoms with Gasteiger partial charge in [-0.3, -0.25) is 0 Å². The minimum Gasteiger partial charge on any atom is -0.223 e. The highest BCUT2D eigenvalue weighted by molar-refractivity contribution is 7.89. The molecule has 3 rings (SSSR count). The zero-order valence-electron chi connectivity index (χ0n) is 13.4. The average Bonchev–Trinajstić information content (AvgIpc) is 3.16. The summed E-state index contributed by atoms with van der Waals surface area (Å²) in [4.78, 5) is 3.96. The Labute approximate surface area is 145 Å². The molecule has 0 spiro atoms. The van der Waals surface area contributed by atoms with Gasteiger partial charge in [0, 0.05) is 6.04 Å². The number of nitrogens with one attached hydrogen (secondary N) is 1. The average molecular weight is 353 g/mol. The number of benzene rings is 2. The molecular weight excluding hydrogens is 338 g/mol. The molecular formula is C17H15N5O2S. The number of hydrogen-bond acceptors (Lipinski definition) is 5. The molecule has 126 valence electrons. The van der Waals surface area contributed by atoms with Crippen molar-refractivity contribution in [1.82, 2.24) is 19.5 Å². The molecule has 1 atom stereocenters. The normalized spacial score (nSPS) is 12.5. The molecule has 0 saturated heterocycles. The van der Waals surface area contributed by atoms with Crippen molar-refractivity contribution in [3.63, 3.8) is 0 Å². The zero-order valence-corrected chi connectivity index (χ0v) is 14.2. The van der Waals surface area contributed by atoms with Crippen LogP contribution >= 0.6 is 0 Å². The van der Waals surface area contributed by atoms with Crippen LogP contribution in [0.1, 0.15) is 24.1 Å². The van der Waals surface area contributed by atoms with Crippen molar-refractivity contribution in [2.45, 2.75) is 17.9 Å². The molecule has 0 radical (unpaired) electrons. The number of nitriles is 1. The number of rotatable bonds is 5. The minimum atomic E-state index is -3.72. The first kappa shape index (κ1) is 16.8. The second kappa shape index (κ2) is 6.84. The van der Waals surface area contributed by atoms with Gasteiger partial charge in [0.2, 0.25) is 10.0 Å². The molecule has 0 aliphatic rings. The predicted molar refractivity (Wildman–Crippen MR) is 91.3 cm³/mol. The van der Waals surface area contributed by atoms with Crippen LogP contribution in [0.4, 0.5) is 0 Å². The summed E-state index contributed by atoms with van der Waals surface area (Å²) in [5, 5.41) is 13.0. The van der Waals surface area contributed by atoms with Gasteiger partial charge in [-0.15, -0.1) is 0 Å². The van der Waals surface area contributed by atoms with E-state index in [1.54, 1.807) is 30.1 Å². The highest BCUT2D eigenvalue weighted by Crippen LogP contribution is 2.19.